The fraction of sp³-hybridized carbons (Fsp3) is 0.389. The molecule has 1 aliphatic heterocycles. The van der Waals surface area contributed by atoms with Gasteiger partial charge in [-0.05, 0) is 29.0 Å². The first-order valence-electron chi connectivity index (χ1n) is 8.24. The van der Waals surface area contributed by atoms with Gasteiger partial charge in [0.25, 0.3) is 0 Å². The van der Waals surface area contributed by atoms with Crippen molar-refractivity contribution in [3.05, 3.63) is 51.9 Å². The molecule has 1 aromatic carbocycles. The summed E-state index contributed by atoms with van der Waals surface area (Å²) in [6, 6.07) is 10.4. The highest BCUT2D eigenvalue weighted by Crippen LogP contribution is 2.25. The molecule has 0 amide bonds. The molecule has 0 radical (unpaired) electrons. The number of unbranched alkanes of at least 4 members (excludes halogenated alkanes) is 1. The minimum absolute atomic E-state index is 0.318. The third-order valence-electron chi connectivity index (χ3n) is 3.93. The molecule has 0 fully saturated rings. The van der Waals surface area contributed by atoms with Gasteiger partial charge in [0, 0.05) is 18.7 Å². The zero-order chi connectivity index (χ0) is 16.8. The van der Waals surface area contributed by atoms with E-state index in [-0.39, 0.29) is 0 Å². The van der Waals surface area contributed by atoms with Crippen LogP contribution in [0.1, 0.15) is 25.5 Å². The van der Waals surface area contributed by atoms with Crippen LogP contribution in [0.15, 0.2) is 42.4 Å². The van der Waals surface area contributed by atoms with Gasteiger partial charge in [-0.3, -0.25) is 0 Å². The zero-order valence-electron chi connectivity index (χ0n) is 13.8. The largest absolute Gasteiger partial charge is 0.462 e. The molecule has 0 spiro atoms. The molecule has 2 heterocycles. The van der Waals surface area contributed by atoms with E-state index in [1.54, 1.807) is 6.26 Å². The first kappa shape index (κ1) is 17.3. The molecule has 6 heteroatoms. The van der Waals surface area contributed by atoms with Gasteiger partial charge in [-0.25, -0.2) is 4.98 Å². The topological polar surface area (TPSA) is 48.3 Å². The van der Waals surface area contributed by atoms with Gasteiger partial charge < -0.3 is 19.4 Å². The van der Waals surface area contributed by atoms with E-state index >= 15 is 0 Å². The van der Waals surface area contributed by atoms with Gasteiger partial charge in [-0.1, -0.05) is 43.7 Å². The minimum Gasteiger partial charge on any atom is -0.462 e. The third kappa shape index (κ3) is 4.10. The monoisotopic (exact) mass is 439 g/mol. The van der Waals surface area contributed by atoms with E-state index in [1.165, 1.54) is 12.1 Å². The highest BCUT2D eigenvalue weighted by molar-refractivity contribution is 14.1. The Morgan fingerprint density at radius 1 is 1.25 bits per heavy atom. The van der Waals surface area contributed by atoms with E-state index < -0.39 is 0 Å². The van der Waals surface area contributed by atoms with Crippen LogP contribution in [-0.4, -0.2) is 22.9 Å². The Morgan fingerprint density at radius 3 is 2.79 bits per heavy atom. The van der Waals surface area contributed by atoms with Crippen LogP contribution < -0.4 is 5.32 Å². The van der Waals surface area contributed by atoms with Gasteiger partial charge >= 0.3 is 0 Å². The first-order chi connectivity index (χ1) is 11.8. The number of ether oxygens (including phenoxy) is 2. The number of benzene rings is 1. The Balaban J connectivity index is 1.82. The Morgan fingerprint density at radius 2 is 2.08 bits per heavy atom. The Hall–Kier alpha value is -1.54. The van der Waals surface area contributed by atoms with Crippen molar-refractivity contribution >= 4 is 22.6 Å². The summed E-state index contributed by atoms with van der Waals surface area (Å²) in [4.78, 5) is 4.82. The first-order valence-corrected chi connectivity index (χ1v) is 9.32. The highest BCUT2D eigenvalue weighted by Gasteiger charge is 2.17. The van der Waals surface area contributed by atoms with E-state index in [0.717, 1.165) is 40.4 Å². The van der Waals surface area contributed by atoms with Crippen molar-refractivity contribution in [1.82, 2.24) is 14.9 Å². The number of halogens is 1. The smallest absolute Gasteiger partial charge is 0.229 e. The maximum atomic E-state index is 5.36. The average Bonchev–Trinajstić information content (AvgIpc) is 3.22. The van der Waals surface area contributed by atoms with Crippen LogP contribution in [0, 0.1) is 3.83 Å². The van der Waals surface area contributed by atoms with E-state index in [1.807, 2.05) is 6.07 Å². The van der Waals surface area contributed by atoms with Gasteiger partial charge in [0.2, 0.25) is 6.79 Å². The molecule has 0 saturated heterocycles. The molecule has 1 aliphatic rings. The number of aromatic nitrogens is 2. The van der Waals surface area contributed by atoms with Crippen LogP contribution in [0.5, 0.6) is 0 Å². The average molecular weight is 439 g/mol. The number of imidazole rings is 1. The predicted octanol–water partition coefficient (Wildman–Crippen LogP) is 3.89. The molecule has 5 nitrogen and oxygen atoms in total. The second kappa shape index (κ2) is 8.53. The van der Waals surface area contributed by atoms with Crippen LogP contribution >= 0.6 is 22.6 Å². The normalized spacial score (nSPS) is 13.5. The lowest BCUT2D eigenvalue weighted by Crippen LogP contribution is -2.20. The molecule has 0 aliphatic carbocycles. The van der Waals surface area contributed by atoms with Gasteiger partial charge in [0.05, 0.1) is 17.9 Å². The Kier molecular flexibility index (Phi) is 6.14. The Bertz CT molecular complexity index is 698. The van der Waals surface area contributed by atoms with E-state index in [0.29, 0.717) is 13.3 Å². The molecule has 0 atom stereocenters. The van der Waals surface area contributed by atoms with Crippen molar-refractivity contribution in [1.29, 1.82) is 0 Å². The summed E-state index contributed by atoms with van der Waals surface area (Å²) in [5.74, 6) is 0.839. The molecule has 128 valence electrons. The summed E-state index contributed by atoms with van der Waals surface area (Å²) in [6.07, 6.45) is 3.98. The van der Waals surface area contributed by atoms with E-state index in [2.05, 4.69) is 63.7 Å². The van der Waals surface area contributed by atoms with Crippen LogP contribution in [0.2, 0.25) is 0 Å². The molecule has 0 bridgehead atoms. The van der Waals surface area contributed by atoms with Crippen molar-refractivity contribution in [3.63, 3.8) is 0 Å². The van der Waals surface area contributed by atoms with Crippen molar-refractivity contribution in [2.75, 3.05) is 13.3 Å². The van der Waals surface area contributed by atoms with E-state index in [4.69, 9.17) is 14.5 Å². The van der Waals surface area contributed by atoms with Crippen LogP contribution in [0.3, 0.4) is 0 Å². The van der Waals surface area contributed by atoms with E-state index in [9.17, 15) is 0 Å². The maximum absolute atomic E-state index is 5.36. The highest BCUT2D eigenvalue weighted by atomic mass is 127. The molecule has 24 heavy (non-hydrogen) atoms. The summed E-state index contributed by atoms with van der Waals surface area (Å²) >= 11 is 2.33. The van der Waals surface area contributed by atoms with Crippen molar-refractivity contribution in [3.8, 4) is 11.3 Å². The van der Waals surface area contributed by atoms with Gasteiger partial charge in [-0.15, -0.1) is 0 Å². The molecular weight excluding hydrogens is 417 g/mol. The molecule has 3 rings (SSSR count). The third-order valence-corrected chi connectivity index (χ3v) is 4.75. The van der Waals surface area contributed by atoms with Gasteiger partial charge in [0.15, 0.2) is 3.83 Å². The zero-order valence-corrected chi connectivity index (χ0v) is 16.0. The number of nitrogens with zero attached hydrogens (tertiary/aromatic N) is 2. The lowest BCUT2D eigenvalue weighted by atomic mass is 10.1. The number of nitrogens with one attached hydrogen (secondary N) is 1. The van der Waals surface area contributed by atoms with Gasteiger partial charge in [0.1, 0.15) is 12.0 Å². The fourth-order valence-electron chi connectivity index (χ4n) is 2.67. The fourth-order valence-corrected chi connectivity index (χ4v) is 3.45. The lowest BCUT2D eigenvalue weighted by Gasteiger charge is -2.12. The molecule has 2 aromatic rings. The summed E-state index contributed by atoms with van der Waals surface area (Å²) in [5, 5.41) is 3.45. The van der Waals surface area contributed by atoms with Crippen molar-refractivity contribution in [2.24, 2.45) is 0 Å². The van der Waals surface area contributed by atoms with Crippen molar-refractivity contribution in [2.45, 2.75) is 32.9 Å². The number of rotatable bonds is 8. The standard InChI is InChI=1S/C18H22IN3O2/c1-2-3-9-22-16(11-20-10-15-12-23-13-24-15)17(21-18(22)19)14-7-5-4-6-8-14/h4-8,12,20H,2-3,9-11,13H2,1H3. The summed E-state index contributed by atoms with van der Waals surface area (Å²) in [5.41, 5.74) is 3.43. The summed E-state index contributed by atoms with van der Waals surface area (Å²) < 4.78 is 13.8. The second-order valence-corrected chi connectivity index (χ2v) is 6.63. The summed E-state index contributed by atoms with van der Waals surface area (Å²) in [7, 11) is 0. The van der Waals surface area contributed by atoms with Crippen LogP contribution in [-0.2, 0) is 22.6 Å². The molecule has 0 saturated carbocycles. The quantitative estimate of drug-likeness (QED) is 0.635. The van der Waals surface area contributed by atoms with Crippen LogP contribution in [0.25, 0.3) is 11.3 Å². The maximum Gasteiger partial charge on any atom is 0.229 e. The van der Waals surface area contributed by atoms with Crippen LogP contribution in [0.4, 0.5) is 0 Å². The Labute approximate surface area is 156 Å². The molecule has 0 unspecified atom stereocenters. The molecule has 1 aromatic heterocycles. The lowest BCUT2D eigenvalue weighted by molar-refractivity contribution is 0.0789. The molecular formula is C18H22IN3O2. The van der Waals surface area contributed by atoms with Gasteiger partial charge in [-0.2, -0.15) is 0 Å². The molecule has 1 N–H and O–H groups in total. The van der Waals surface area contributed by atoms with Crippen molar-refractivity contribution < 1.29 is 9.47 Å². The SMILES string of the molecule is CCCCn1c(I)nc(-c2ccccc2)c1CNCC1=COCO1. The predicted molar refractivity (Wildman–Crippen MR) is 102 cm³/mol. The number of hydrogen-bond acceptors (Lipinski definition) is 4. The minimum atomic E-state index is 0.318. The summed E-state index contributed by atoms with van der Waals surface area (Å²) in [6.45, 7) is 4.92. The second-order valence-electron chi connectivity index (χ2n) is 5.66. The number of hydrogen-bond donors (Lipinski definition) is 1.